The van der Waals surface area contributed by atoms with Gasteiger partial charge in [-0.15, -0.1) is 0 Å². The van der Waals surface area contributed by atoms with Gasteiger partial charge in [0, 0.05) is 12.2 Å². The van der Waals surface area contributed by atoms with Crippen LogP contribution in [0.1, 0.15) is 13.3 Å². The number of hydrogen-bond acceptors (Lipinski definition) is 4. The van der Waals surface area contributed by atoms with Crippen LogP contribution in [0.3, 0.4) is 0 Å². The third-order valence-corrected chi connectivity index (χ3v) is 3.67. The number of nitrogens with one attached hydrogen (secondary N) is 1. The van der Waals surface area contributed by atoms with E-state index in [1.54, 1.807) is 20.1 Å². The summed E-state index contributed by atoms with van der Waals surface area (Å²) < 4.78 is 5.93. The molecule has 1 aromatic carbocycles. The number of methoxy groups -OCH3 is 1. The van der Waals surface area contributed by atoms with Crippen molar-refractivity contribution in [3.05, 3.63) is 22.7 Å². The largest absolute Gasteiger partial charge is 0.496 e. The third kappa shape index (κ3) is 2.73. The standard InChI is InChI=1S/C13H15BrN2O3/c1-3-16-12(17)7-10(13(16)18)15-8-4-5-11(19-2)9(14)6-8/h4-6,10,15H,3,7H2,1-2H3. The topological polar surface area (TPSA) is 58.6 Å². The lowest BCUT2D eigenvalue weighted by Crippen LogP contribution is -2.34. The minimum Gasteiger partial charge on any atom is -0.496 e. The van der Waals surface area contributed by atoms with Crippen molar-refractivity contribution in [3.63, 3.8) is 0 Å². The number of carbonyl (C=O) groups excluding carboxylic acids is 2. The van der Waals surface area contributed by atoms with E-state index in [4.69, 9.17) is 4.74 Å². The maximum atomic E-state index is 12.0. The third-order valence-electron chi connectivity index (χ3n) is 3.05. The molecule has 1 aliphatic heterocycles. The highest BCUT2D eigenvalue weighted by Gasteiger charge is 2.37. The van der Waals surface area contributed by atoms with E-state index in [1.165, 1.54) is 4.90 Å². The number of amides is 2. The normalized spacial score (nSPS) is 18.9. The second kappa shape index (κ2) is 5.61. The molecule has 6 heteroatoms. The Morgan fingerprint density at radius 1 is 1.47 bits per heavy atom. The molecule has 0 aromatic heterocycles. The minimum absolute atomic E-state index is 0.127. The van der Waals surface area contributed by atoms with Crippen molar-refractivity contribution in [3.8, 4) is 5.75 Å². The zero-order valence-corrected chi connectivity index (χ0v) is 12.4. The van der Waals surface area contributed by atoms with Crippen molar-refractivity contribution in [2.45, 2.75) is 19.4 Å². The van der Waals surface area contributed by atoms with Crippen LogP contribution in [0.15, 0.2) is 22.7 Å². The number of likely N-dealkylation sites (N-methyl/N-ethyl adjacent to an activating group) is 1. The molecule has 0 spiro atoms. The highest BCUT2D eigenvalue weighted by atomic mass is 79.9. The average molecular weight is 327 g/mol. The molecule has 2 amide bonds. The zero-order chi connectivity index (χ0) is 14.0. The summed E-state index contributed by atoms with van der Waals surface area (Å²) in [5.41, 5.74) is 0.775. The number of nitrogens with zero attached hydrogens (tertiary/aromatic N) is 1. The minimum atomic E-state index is -0.479. The van der Waals surface area contributed by atoms with Gasteiger partial charge in [0.15, 0.2) is 0 Å². The van der Waals surface area contributed by atoms with E-state index in [1.807, 2.05) is 12.1 Å². The lowest BCUT2D eigenvalue weighted by atomic mass is 10.2. The summed E-state index contributed by atoms with van der Waals surface area (Å²) in [5, 5.41) is 3.08. The van der Waals surface area contributed by atoms with Gasteiger partial charge in [0.2, 0.25) is 5.91 Å². The number of carbonyl (C=O) groups is 2. The Morgan fingerprint density at radius 2 is 2.21 bits per heavy atom. The fraction of sp³-hybridized carbons (Fsp3) is 0.385. The van der Waals surface area contributed by atoms with E-state index in [0.29, 0.717) is 6.54 Å². The van der Waals surface area contributed by atoms with Crippen LogP contribution >= 0.6 is 15.9 Å². The molecule has 5 nitrogen and oxygen atoms in total. The first-order valence-corrected chi connectivity index (χ1v) is 6.80. The van der Waals surface area contributed by atoms with Gasteiger partial charge in [-0.2, -0.15) is 0 Å². The number of hydrogen-bond donors (Lipinski definition) is 1. The summed E-state index contributed by atoms with van der Waals surface area (Å²) >= 11 is 3.38. The Hall–Kier alpha value is -1.56. The van der Waals surface area contributed by atoms with Gasteiger partial charge in [0.25, 0.3) is 5.91 Å². The van der Waals surface area contributed by atoms with Crippen LogP contribution in [0, 0.1) is 0 Å². The molecule has 0 radical (unpaired) electrons. The van der Waals surface area contributed by atoms with E-state index in [-0.39, 0.29) is 18.2 Å². The Morgan fingerprint density at radius 3 is 2.74 bits per heavy atom. The summed E-state index contributed by atoms with van der Waals surface area (Å²) in [7, 11) is 1.59. The van der Waals surface area contributed by atoms with Crippen molar-refractivity contribution < 1.29 is 14.3 Å². The molecule has 1 aromatic rings. The van der Waals surface area contributed by atoms with Gasteiger partial charge in [0.1, 0.15) is 11.8 Å². The molecular formula is C13H15BrN2O3. The van der Waals surface area contributed by atoms with Gasteiger partial charge in [-0.25, -0.2) is 0 Å². The van der Waals surface area contributed by atoms with E-state index in [0.717, 1.165) is 15.9 Å². The molecule has 0 bridgehead atoms. The molecule has 2 rings (SSSR count). The number of benzene rings is 1. The number of imide groups is 1. The fourth-order valence-electron chi connectivity index (χ4n) is 2.09. The van der Waals surface area contributed by atoms with E-state index in [9.17, 15) is 9.59 Å². The Balaban J connectivity index is 2.12. The average Bonchev–Trinajstić information content (AvgIpc) is 2.64. The predicted molar refractivity (Wildman–Crippen MR) is 75.1 cm³/mol. The van der Waals surface area contributed by atoms with Crippen LogP contribution in [0.5, 0.6) is 5.75 Å². The Labute approximate surface area is 120 Å². The SMILES string of the molecule is CCN1C(=O)CC(Nc2ccc(OC)c(Br)c2)C1=O. The van der Waals surface area contributed by atoms with Gasteiger partial charge >= 0.3 is 0 Å². The highest BCUT2D eigenvalue weighted by Crippen LogP contribution is 2.28. The van der Waals surface area contributed by atoms with Gasteiger partial charge in [-0.3, -0.25) is 14.5 Å². The van der Waals surface area contributed by atoms with Crippen LogP contribution in [0.25, 0.3) is 0 Å². The van der Waals surface area contributed by atoms with Crippen LogP contribution in [-0.2, 0) is 9.59 Å². The lowest BCUT2D eigenvalue weighted by Gasteiger charge is -2.14. The Bertz CT molecular complexity index is 519. The number of likely N-dealkylation sites (tertiary alicyclic amines) is 1. The smallest absolute Gasteiger partial charge is 0.252 e. The Kier molecular flexibility index (Phi) is 4.09. The molecular weight excluding hydrogens is 312 g/mol. The molecule has 102 valence electrons. The summed E-state index contributed by atoms with van der Waals surface area (Å²) in [4.78, 5) is 24.9. The first-order valence-electron chi connectivity index (χ1n) is 6.01. The van der Waals surface area contributed by atoms with E-state index in [2.05, 4.69) is 21.2 Å². The monoisotopic (exact) mass is 326 g/mol. The first-order chi connectivity index (χ1) is 9.06. The number of rotatable bonds is 4. The van der Waals surface area contributed by atoms with Crippen molar-refractivity contribution in [2.75, 3.05) is 19.0 Å². The van der Waals surface area contributed by atoms with Crippen LogP contribution in [-0.4, -0.2) is 36.4 Å². The maximum absolute atomic E-state index is 12.0. The van der Waals surface area contributed by atoms with Crippen molar-refractivity contribution in [2.24, 2.45) is 0 Å². The van der Waals surface area contributed by atoms with Crippen LogP contribution in [0.4, 0.5) is 5.69 Å². The predicted octanol–water partition coefficient (Wildman–Crippen LogP) is 2.02. The summed E-state index contributed by atoms with van der Waals surface area (Å²) in [6.07, 6.45) is 0.205. The molecule has 1 saturated heterocycles. The highest BCUT2D eigenvalue weighted by molar-refractivity contribution is 9.10. The van der Waals surface area contributed by atoms with Crippen LogP contribution in [0.2, 0.25) is 0 Å². The molecule has 0 aliphatic carbocycles. The summed E-state index contributed by atoms with van der Waals surface area (Å²) in [5.74, 6) is 0.423. The van der Waals surface area contributed by atoms with Crippen molar-refractivity contribution in [1.29, 1.82) is 0 Å². The number of ether oxygens (including phenoxy) is 1. The molecule has 1 atom stereocenters. The molecule has 0 saturated carbocycles. The van der Waals surface area contributed by atoms with Gasteiger partial charge in [-0.05, 0) is 41.1 Å². The zero-order valence-electron chi connectivity index (χ0n) is 10.8. The van der Waals surface area contributed by atoms with E-state index >= 15 is 0 Å². The molecule has 1 unspecified atom stereocenters. The second-order valence-electron chi connectivity index (χ2n) is 4.23. The lowest BCUT2D eigenvalue weighted by molar-refractivity contribution is -0.138. The summed E-state index contributed by atoms with van der Waals surface area (Å²) in [6.45, 7) is 2.21. The molecule has 1 fully saturated rings. The first kappa shape index (κ1) is 13.9. The quantitative estimate of drug-likeness (QED) is 0.860. The molecule has 1 heterocycles. The van der Waals surface area contributed by atoms with Gasteiger partial charge in [-0.1, -0.05) is 0 Å². The molecule has 19 heavy (non-hydrogen) atoms. The summed E-state index contributed by atoms with van der Waals surface area (Å²) in [6, 6.07) is 4.96. The number of halogens is 1. The number of anilines is 1. The fourth-order valence-corrected chi connectivity index (χ4v) is 2.63. The maximum Gasteiger partial charge on any atom is 0.252 e. The molecule has 1 aliphatic rings. The van der Waals surface area contributed by atoms with Gasteiger partial charge < -0.3 is 10.1 Å². The second-order valence-corrected chi connectivity index (χ2v) is 5.08. The molecule has 1 N–H and O–H groups in total. The van der Waals surface area contributed by atoms with Crippen molar-refractivity contribution >= 4 is 33.4 Å². The van der Waals surface area contributed by atoms with Crippen molar-refractivity contribution in [1.82, 2.24) is 4.90 Å². The van der Waals surface area contributed by atoms with E-state index < -0.39 is 6.04 Å². The van der Waals surface area contributed by atoms with Crippen LogP contribution < -0.4 is 10.1 Å². The van der Waals surface area contributed by atoms with Gasteiger partial charge in [0.05, 0.1) is 18.0 Å².